The Bertz CT molecular complexity index is 2450. The van der Waals surface area contributed by atoms with E-state index >= 15 is 4.79 Å². The highest BCUT2D eigenvalue weighted by Crippen LogP contribution is 2.37. The summed E-state index contributed by atoms with van der Waals surface area (Å²) in [4.78, 5) is 43.1. The second-order valence-corrected chi connectivity index (χ2v) is 14.7. The fourth-order valence-electron chi connectivity index (χ4n) is 6.18. The SMILES string of the molecule is CCN(CC)c1ccc2c(C(=O)N(c3ccc(OC)cc3)S(=O)(=O)c3ccc(CCC(=O)OC)cc3)c(-c3sc4ccccc4[n+]3C)c(=O)oc2c1. The van der Waals surface area contributed by atoms with Gasteiger partial charge in [0.05, 0.1) is 30.4 Å². The lowest BCUT2D eigenvalue weighted by Crippen LogP contribution is -2.39. The molecule has 11 nitrogen and oxygen atoms in total. The Labute approximate surface area is 305 Å². The Morgan fingerprint density at radius 2 is 1.56 bits per heavy atom. The van der Waals surface area contributed by atoms with E-state index in [1.165, 1.54) is 49.8 Å². The number of hydrogen-bond donors (Lipinski definition) is 0. The number of benzene rings is 4. The normalized spacial score (nSPS) is 11.5. The maximum Gasteiger partial charge on any atom is 0.352 e. The highest BCUT2D eigenvalue weighted by molar-refractivity contribution is 7.93. The molecule has 2 aromatic heterocycles. The third-order valence-electron chi connectivity index (χ3n) is 8.98. The largest absolute Gasteiger partial charge is 0.497 e. The molecular formula is C39H38N3O8S2+. The minimum absolute atomic E-state index is 0.0355. The van der Waals surface area contributed by atoms with Crippen molar-refractivity contribution in [2.45, 2.75) is 31.6 Å². The molecule has 0 atom stereocenters. The van der Waals surface area contributed by atoms with Gasteiger partial charge in [0.1, 0.15) is 23.1 Å². The Hall–Kier alpha value is -5.53. The molecule has 0 saturated heterocycles. The molecule has 0 saturated carbocycles. The Kier molecular flexibility index (Phi) is 10.4. The molecule has 6 aromatic rings. The molecule has 0 N–H and O–H groups in total. The van der Waals surface area contributed by atoms with Crippen molar-refractivity contribution in [3.63, 3.8) is 0 Å². The summed E-state index contributed by atoms with van der Waals surface area (Å²) >= 11 is 1.30. The first kappa shape index (κ1) is 36.3. The summed E-state index contributed by atoms with van der Waals surface area (Å²) < 4.78 is 48.8. The molecule has 52 heavy (non-hydrogen) atoms. The van der Waals surface area contributed by atoms with E-state index in [-0.39, 0.29) is 45.1 Å². The predicted octanol–water partition coefficient (Wildman–Crippen LogP) is 6.50. The average molecular weight is 741 g/mol. The minimum Gasteiger partial charge on any atom is -0.497 e. The first-order chi connectivity index (χ1) is 25.0. The van der Waals surface area contributed by atoms with Crippen molar-refractivity contribution >= 4 is 65.8 Å². The van der Waals surface area contributed by atoms with E-state index in [2.05, 4.69) is 4.90 Å². The van der Waals surface area contributed by atoms with Crippen LogP contribution in [0, 0.1) is 0 Å². The molecule has 1 amide bonds. The van der Waals surface area contributed by atoms with Gasteiger partial charge in [-0.15, -0.1) is 0 Å². The standard InChI is InChI=1S/C39H38N3O8S2/c1-6-41(7-2)27-17-22-30-32(24-27)50-39(45)36(38-40(3)31-10-8-9-11-33(31)51-38)35(30)37(44)42(26-15-18-28(48-4)19-16-26)52(46,47)29-20-12-25(13-21-29)14-23-34(43)49-5/h8-13,15-22,24H,6-7,14,23H2,1-5H3/q+1. The van der Waals surface area contributed by atoms with Gasteiger partial charge >= 0.3 is 11.6 Å². The number of sulfonamides is 1. The molecule has 0 aliphatic rings. The smallest absolute Gasteiger partial charge is 0.352 e. The Morgan fingerprint density at radius 1 is 0.885 bits per heavy atom. The van der Waals surface area contributed by atoms with Gasteiger partial charge in [0, 0.05) is 42.7 Å². The van der Waals surface area contributed by atoms with Gasteiger partial charge in [-0.3, -0.25) is 9.59 Å². The second-order valence-electron chi connectivity index (χ2n) is 11.9. The van der Waals surface area contributed by atoms with Gasteiger partial charge in [0.15, 0.2) is 5.56 Å². The lowest BCUT2D eigenvalue weighted by atomic mass is 10.0. The fraction of sp³-hybridized carbons (Fsp3) is 0.231. The number of carbonyl (C=O) groups excluding carboxylic acids is 2. The molecule has 268 valence electrons. The first-order valence-electron chi connectivity index (χ1n) is 16.7. The number of fused-ring (bicyclic) bond motifs is 2. The van der Waals surface area contributed by atoms with Gasteiger partial charge < -0.3 is 18.8 Å². The maximum absolute atomic E-state index is 15.3. The van der Waals surface area contributed by atoms with Crippen LogP contribution in [-0.2, 0) is 33.0 Å². The number of amides is 1. The number of carbonyl (C=O) groups is 2. The number of thiazole rings is 1. The van der Waals surface area contributed by atoms with Gasteiger partial charge in [-0.2, -0.15) is 8.87 Å². The fourth-order valence-corrected chi connectivity index (χ4v) is 8.77. The summed E-state index contributed by atoms with van der Waals surface area (Å²) in [7, 11) is -0.0384. The molecule has 0 spiro atoms. The molecule has 6 rings (SSSR count). The number of para-hydroxylation sites is 1. The third kappa shape index (κ3) is 6.76. The van der Waals surface area contributed by atoms with Crippen molar-refractivity contribution in [1.29, 1.82) is 0 Å². The van der Waals surface area contributed by atoms with Gasteiger partial charge in [-0.05, 0) is 80.4 Å². The van der Waals surface area contributed by atoms with Crippen LogP contribution < -0.4 is 24.1 Å². The Balaban J connectivity index is 1.61. The summed E-state index contributed by atoms with van der Waals surface area (Å²) in [5.41, 5.74) is 1.55. The predicted molar refractivity (Wildman–Crippen MR) is 202 cm³/mol. The average Bonchev–Trinajstić information content (AvgIpc) is 3.49. The highest BCUT2D eigenvalue weighted by atomic mass is 32.2. The van der Waals surface area contributed by atoms with Crippen LogP contribution >= 0.6 is 11.3 Å². The van der Waals surface area contributed by atoms with Gasteiger partial charge in [-0.25, -0.2) is 13.2 Å². The summed E-state index contributed by atoms with van der Waals surface area (Å²) in [6.45, 7) is 5.40. The third-order valence-corrected chi connectivity index (χ3v) is 11.9. The number of anilines is 2. The lowest BCUT2D eigenvalue weighted by molar-refractivity contribution is -0.629. The maximum atomic E-state index is 15.3. The topological polar surface area (TPSA) is 127 Å². The van der Waals surface area contributed by atoms with Crippen LogP contribution in [0.25, 0.3) is 31.8 Å². The minimum atomic E-state index is -4.61. The zero-order valence-electron chi connectivity index (χ0n) is 29.4. The number of aryl methyl sites for hydroxylation is 2. The molecule has 0 aliphatic heterocycles. The molecule has 4 aromatic carbocycles. The molecule has 13 heteroatoms. The molecule has 0 unspecified atom stereocenters. The number of esters is 1. The van der Waals surface area contributed by atoms with Crippen molar-refractivity contribution in [2.24, 2.45) is 7.05 Å². The number of nitrogens with zero attached hydrogens (tertiary/aromatic N) is 3. The van der Waals surface area contributed by atoms with E-state index < -0.39 is 21.6 Å². The zero-order valence-corrected chi connectivity index (χ0v) is 31.0. The van der Waals surface area contributed by atoms with E-state index in [1.807, 2.05) is 44.2 Å². The van der Waals surface area contributed by atoms with E-state index in [0.29, 0.717) is 35.8 Å². The highest BCUT2D eigenvalue weighted by Gasteiger charge is 2.38. The Morgan fingerprint density at radius 3 is 2.19 bits per heavy atom. The molecule has 0 aliphatic carbocycles. The van der Waals surface area contributed by atoms with Crippen LogP contribution in [0.15, 0.2) is 105 Å². The summed E-state index contributed by atoms with van der Waals surface area (Å²) in [6, 6.07) is 24.8. The van der Waals surface area contributed by atoms with E-state index in [9.17, 15) is 18.0 Å². The van der Waals surface area contributed by atoms with Crippen molar-refractivity contribution in [2.75, 3.05) is 36.5 Å². The molecule has 2 heterocycles. The summed E-state index contributed by atoms with van der Waals surface area (Å²) in [5.74, 6) is -0.878. The number of aromatic nitrogens is 1. The van der Waals surface area contributed by atoms with Crippen LogP contribution in [-0.4, -0.2) is 47.6 Å². The van der Waals surface area contributed by atoms with Gasteiger partial charge in [0.25, 0.3) is 20.9 Å². The molecular weight excluding hydrogens is 703 g/mol. The quantitative estimate of drug-likeness (QED) is 0.0786. The molecule has 0 radical (unpaired) electrons. The van der Waals surface area contributed by atoms with Crippen LogP contribution in [0.1, 0.15) is 36.2 Å². The number of rotatable bonds is 12. The summed E-state index contributed by atoms with van der Waals surface area (Å²) in [6.07, 6.45) is 0.460. The van der Waals surface area contributed by atoms with Crippen molar-refractivity contribution < 1.29 is 36.5 Å². The number of hydrogen-bond acceptors (Lipinski definition) is 10. The second kappa shape index (κ2) is 15.0. The van der Waals surface area contributed by atoms with E-state index in [4.69, 9.17) is 13.9 Å². The molecule has 0 fully saturated rings. The van der Waals surface area contributed by atoms with Crippen molar-refractivity contribution in [3.05, 3.63) is 113 Å². The molecule has 0 bridgehead atoms. The van der Waals surface area contributed by atoms with Crippen molar-refractivity contribution in [3.8, 4) is 16.3 Å². The zero-order chi connectivity index (χ0) is 37.2. The van der Waals surface area contributed by atoms with E-state index in [0.717, 1.165) is 20.2 Å². The van der Waals surface area contributed by atoms with Crippen LogP contribution in [0.4, 0.5) is 11.4 Å². The first-order valence-corrected chi connectivity index (χ1v) is 18.9. The van der Waals surface area contributed by atoms with Crippen molar-refractivity contribution in [1.82, 2.24) is 0 Å². The lowest BCUT2D eigenvalue weighted by Gasteiger charge is -2.25. The van der Waals surface area contributed by atoms with Crippen LogP contribution in [0.3, 0.4) is 0 Å². The van der Waals surface area contributed by atoms with E-state index in [1.54, 1.807) is 48.0 Å². The monoisotopic (exact) mass is 740 g/mol. The van der Waals surface area contributed by atoms with Gasteiger partial charge in [-0.1, -0.05) is 35.6 Å². The van der Waals surface area contributed by atoms with Crippen LogP contribution in [0.5, 0.6) is 5.75 Å². The van der Waals surface area contributed by atoms with Gasteiger partial charge in [0.2, 0.25) is 5.52 Å². The number of ether oxygens (including phenoxy) is 2. The summed E-state index contributed by atoms with van der Waals surface area (Å²) in [5, 5.41) is 0.704. The number of methoxy groups -OCH3 is 2. The van der Waals surface area contributed by atoms with Crippen LogP contribution in [0.2, 0.25) is 0 Å².